The van der Waals surface area contributed by atoms with Crippen LogP contribution in [0, 0.1) is 5.92 Å². The molecule has 0 fully saturated rings. The Hall–Kier alpha value is -0.900. The molecule has 0 aromatic heterocycles. The first kappa shape index (κ1) is 12.6. The summed E-state index contributed by atoms with van der Waals surface area (Å²) in [6, 6.07) is 8.85. The van der Waals surface area contributed by atoms with Crippen molar-refractivity contribution in [1.82, 2.24) is 5.43 Å². The number of hydrogen-bond donors (Lipinski definition) is 2. The van der Waals surface area contributed by atoms with Crippen molar-refractivity contribution in [1.29, 1.82) is 0 Å². The molecule has 2 unspecified atom stereocenters. The monoisotopic (exact) mass is 234 g/mol. The van der Waals surface area contributed by atoms with Crippen LogP contribution in [0.5, 0.6) is 0 Å². The fraction of sp³-hybridized carbons (Fsp3) is 0.571. The van der Waals surface area contributed by atoms with Gasteiger partial charge in [0.25, 0.3) is 0 Å². The lowest BCUT2D eigenvalue weighted by Crippen LogP contribution is -2.40. The Kier molecular flexibility index (Phi) is 4.15. The Labute approximate surface area is 103 Å². The molecule has 1 aromatic rings. The molecule has 3 heteroatoms. The quantitative estimate of drug-likeness (QED) is 0.620. The van der Waals surface area contributed by atoms with E-state index in [0.717, 1.165) is 19.4 Å². The zero-order chi connectivity index (χ0) is 12.3. The van der Waals surface area contributed by atoms with Crippen LogP contribution in [0.1, 0.15) is 37.5 Å². The Morgan fingerprint density at radius 2 is 2.18 bits per heavy atom. The molecule has 2 atom stereocenters. The largest absolute Gasteiger partial charge is 0.373 e. The van der Waals surface area contributed by atoms with Gasteiger partial charge in [-0.3, -0.25) is 11.3 Å². The normalized spacial score (nSPS) is 21.3. The fourth-order valence-corrected chi connectivity index (χ4v) is 2.44. The maximum atomic E-state index is 5.89. The van der Waals surface area contributed by atoms with E-state index in [2.05, 4.69) is 43.5 Å². The third-order valence-corrected chi connectivity index (χ3v) is 3.58. The first-order chi connectivity index (χ1) is 8.22. The molecule has 1 heterocycles. The maximum Gasteiger partial charge on any atom is 0.0843 e. The van der Waals surface area contributed by atoms with Crippen LogP contribution in [0.25, 0.3) is 0 Å². The number of benzene rings is 1. The van der Waals surface area contributed by atoms with Gasteiger partial charge in [-0.15, -0.1) is 0 Å². The summed E-state index contributed by atoms with van der Waals surface area (Å²) in [6.45, 7) is 5.18. The van der Waals surface area contributed by atoms with E-state index in [4.69, 9.17) is 10.6 Å². The second-order valence-electron chi connectivity index (χ2n) is 5.06. The van der Waals surface area contributed by atoms with Crippen molar-refractivity contribution in [3.05, 3.63) is 35.4 Å². The van der Waals surface area contributed by atoms with Crippen molar-refractivity contribution in [2.75, 3.05) is 6.61 Å². The summed E-state index contributed by atoms with van der Waals surface area (Å²) < 4.78 is 5.89. The Bertz CT molecular complexity index is 365. The molecular weight excluding hydrogens is 212 g/mol. The zero-order valence-electron chi connectivity index (χ0n) is 10.6. The van der Waals surface area contributed by atoms with Crippen molar-refractivity contribution in [3.63, 3.8) is 0 Å². The van der Waals surface area contributed by atoms with E-state index in [9.17, 15) is 0 Å². The number of fused-ring (bicyclic) bond motifs is 1. The molecule has 0 amide bonds. The highest BCUT2D eigenvalue weighted by Crippen LogP contribution is 2.31. The summed E-state index contributed by atoms with van der Waals surface area (Å²) in [5, 5.41) is 0. The van der Waals surface area contributed by atoms with Crippen molar-refractivity contribution in [2.45, 2.75) is 38.8 Å². The molecule has 3 N–H and O–H groups in total. The maximum absolute atomic E-state index is 5.89. The summed E-state index contributed by atoms with van der Waals surface area (Å²) in [5.41, 5.74) is 5.65. The molecule has 0 spiro atoms. The standard InChI is InChI=1S/C14H22N2O/c1-10(2)13(16-15)9-14-12-6-4-3-5-11(12)7-8-17-14/h3-6,10,13-14,16H,7-9,15H2,1-2H3. The van der Waals surface area contributed by atoms with Crippen LogP contribution >= 0.6 is 0 Å². The predicted octanol–water partition coefficient (Wildman–Crippen LogP) is 2.18. The molecule has 0 aliphatic carbocycles. The third kappa shape index (κ3) is 2.86. The van der Waals surface area contributed by atoms with E-state index in [0.29, 0.717) is 12.0 Å². The van der Waals surface area contributed by atoms with Crippen LogP contribution in [-0.2, 0) is 11.2 Å². The summed E-state index contributed by atoms with van der Waals surface area (Å²) >= 11 is 0. The molecule has 1 aliphatic rings. The van der Waals surface area contributed by atoms with Crippen LogP contribution in [-0.4, -0.2) is 12.6 Å². The highest BCUT2D eigenvalue weighted by Gasteiger charge is 2.24. The lowest BCUT2D eigenvalue weighted by molar-refractivity contribution is 0.0258. The highest BCUT2D eigenvalue weighted by atomic mass is 16.5. The van der Waals surface area contributed by atoms with E-state index < -0.39 is 0 Å². The minimum Gasteiger partial charge on any atom is -0.373 e. The van der Waals surface area contributed by atoms with Gasteiger partial charge in [-0.1, -0.05) is 38.1 Å². The molecule has 1 aromatic carbocycles. The van der Waals surface area contributed by atoms with E-state index in [1.54, 1.807) is 0 Å². The molecule has 1 aliphatic heterocycles. The van der Waals surface area contributed by atoms with E-state index in [1.165, 1.54) is 11.1 Å². The zero-order valence-corrected chi connectivity index (χ0v) is 10.6. The van der Waals surface area contributed by atoms with Crippen LogP contribution in [0.15, 0.2) is 24.3 Å². The van der Waals surface area contributed by atoms with Gasteiger partial charge in [0.15, 0.2) is 0 Å². The highest BCUT2D eigenvalue weighted by molar-refractivity contribution is 5.31. The second-order valence-corrected chi connectivity index (χ2v) is 5.06. The lowest BCUT2D eigenvalue weighted by Gasteiger charge is -2.30. The molecular formula is C14H22N2O. The summed E-state index contributed by atoms with van der Waals surface area (Å²) in [4.78, 5) is 0. The van der Waals surface area contributed by atoms with Crippen molar-refractivity contribution in [2.24, 2.45) is 11.8 Å². The first-order valence-corrected chi connectivity index (χ1v) is 6.38. The fourth-order valence-electron chi connectivity index (χ4n) is 2.44. The van der Waals surface area contributed by atoms with Crippen LogP contribution in [0.4, 0.5) is 0 Å². The van der Waals surface area contributed by atoms with E-state index in [1.807, 2.05) is 0 Å². The van der Waals surface area contributed by atoms with Crippen LogP contribution < -0.4 is 11.3 Å². The van der Waals surface area contributed by atoms with Gasteiger partial charge in [0.2, 0.25) is 0 Å². The number of nitrogens with two attached hydrogens (primary N) is 1. The third-order valence-electron chi connectivity index (χ3n) is 3.58. The average molecular weight is 234 g/mol. The van der Waals surface area contributed by atoms with E-state index in [-0.39, 0.29) is 6.10 Å². The Balaban J connectivity index is 2.13. The number of nitrogens with one attached hydrogen (secondary N) is 1. The first-order valence-electron chi connectivity index (χ1n) is 6.38. The molecule has 0 bridgehead atoms. The predicted molar refractivity (Wildman–Crippen MR) is 69.4 cm³/mol. The number of rotatable bonds is 4. The van der Waals surface area contributed by atoms with Crippen LogP contribution in [0.2, 0.25) is 0 Å². The molecule has 0 saturated carbocycles. The molecule has 17 heavy (non-hydrogen) atoms. The SMILES string of the molecule is CC(C)C(CC1OCCc2ccccc21)NN. The smallest absolute Gasteiger partial charge is 0.0843 e. The van der Waals surface area contributed by atoms with Gasteiger partial charge in [-0.2, -0.15) is 0 Å². The van der Waals surface area contributed by atoms with Gasteiger partial charge < -0.3 is 4.74 Å². The summed E-state index contributed by atoms with van der Waals surface area (Å²) in [5.74, 6) is 6.12. The molecule has 2 rings (SSSR count). The molecule has 0 radical (unpaired) electrons. The van der Waals surface area contributed by atoms with Crippen LogP contribution in [0.3, 0.4) is 0 Å². The summed E-state index contributed by atoms with van der Waals surface area (Å²) in [7, 11) is 0. The van der Waals surface area contributed by atoms with E-state index >= 15 is 0 Å². The minimum atomic E-state index is 0.184. The average Bonchev–Trinajstić information content (AvgIpc) is 2.35. The molecule has 3 nitrogen and oxygen atoms in total. The molecule has 94 valence electrons. The number of ether oxygens (including phenoxy) is 1. The van der Waals surface area contributed by atoms with Crippen molar-refractivity contribution >= 4 is 0 Å². The van der Waals surface area contributed by atoms with Gasteiger partial charge in [-0.05, 0) is 29.9 Å². The number of hydrazine groups is 1. The minimum absolute atomic E-state index is 0.184. The second kappa shape index (κ2) is 5.63. The Morgan fingerprint density at radius 1 is 1.41 bits per heavy atom. The van der Waals surface area contributed by atoms with Crippen molar-refractivity contribution in [3.8, 4) is 0 Å². The number of hydrogen-bond acceptors (Lipinski definition) is 3. The lowest BCUT2D eigenvalue weighted by atomic mass is 9.90. The van der Waals surface area contributed by atoms with Crippen molar-refractivity contribution < 1.29 is 4.74 Å². The Morgan fingerprint density at radius 3 is 2.88 bits per heavy atom. The topological polar surface area (TPSA) is 47.3 Å². The van der Waals surface area contributed by atoms with Gasteiger partial charge in [0.05, 0.1) is 12.7 Å². The molecule has 0 saturated heterocycles. The summed E-state index contributed by atoms with van der Waals surface area (Å²) in [6.07, 6.45) is 2.14. The van der Waals surface area contributed by atoms with Gasteiger partial charge in [0.1, 0.15) is 0 Å². The van der Waals surface area contributed by atoms with Gasteiger partial charge in [-0.25, -0.2) is 0 Å². The van der Waals surface area contributed by atoms with Gasteiger partial charge in [0, 0.05) is 6.04 Å². The van der Waals surface area contributed by atoms with Gasteiger partial charge >= 0.3 is 0 Å².